The van der Waals surface area contributed by atoms with E-state index in [0.717, 1.165) is 6.42 Å². The van der Waals surface area contributed by atoms with E-state index in [4.69, 9.17) is 0 Å². The van der Waals surface area contributed by atoms with Crippen molar-refractivity contribution in [3.63, 3.8) is 0 Å². The maximum absolute atomic E-state index is 2.31. The topological polar surface area (TPSA) is 4.93 Å². The maximum Gasteiger partial charge on any atom is 0.0228 e. The van der Waals surface area contributed by atoms with Crippen molar-refractivity contribution in [3.8, 4) is 0 Å². The van der Waals surface area contributed by atoms with Crippen molar-refractivity contribution >= 4 is 0 Å². The summed E-state index contributed by atoms with van der Waals surface area (Å²) < 4.78 is 2.31. The highest BCUT2D eigenvalue weighted by atomic mass is 15.0. The predicted molar refractivity (Wildman–Crippen MR) is 53.5 cm³/mol. The van der Waals surface area contributed by atoms with E-state index in [1.807, 2.05) is 0 Å². The van der Waals surface area contributed by atoms with Gasteiger partial charge in [-0.3, -0.25) is 0 Å². The molecule has 1 heterocycles. The van der Waals surface area contributed by atoms with Crippen molar-refractivity contribution in [2.45, 2.75) is 39.5 Å². The summed E-state index contributed by atoms with van der Waals surface area (Å²) >= 11 is 0. The molecule has 0 fully saturated rings. The third-order valence-corrected chi connectivity index (χ3v) is 2.36. The van der Waals surface area contributed by atoms with Gasteiger partial charge in [-0.15, -0.1) is 0 Å². The Labute approximate surface area is 75.4 Å². The Bertz CT molecular complexity index is 263. The van der Waals surface area contributed by atoms with Gasteiger partial charge in [-0.05, 0) is 18.6 Å². The summed E-state index contributed by atoms with van der Waals surface area (Å²) in [5, 5.41) is 0. The molecule has 0 unspecified atom stereocenters. The molecule has 0 radical (unpaired) electrons. The van der Waals surface area contributed by atoms with Gasteiger partial charge in [0.15, 0.2) is 0 Å². The molecule has 0 N–H and O–H groups in total. The summed E-state index contributed by atoms with van der Waals surface area (Å²) in [7, 11) is 2.15. The number of aryl methyl sites for hydroxylation is 1. The largest absolute Gasteiger partial charge is 0.351 e. The summed E-state index contributed by atoms with van der Waals surface area (Å²) in [5.74, 6) is 0. The van der Waals surface area contributed by atoms with E-state index in [0.29, 0.717) is 0 Å². The van der Waals surface area contributed by atoms with E-state index in [1.54, 1.807) is 0 Å². The Morgan fingerprint density at radius 3 is 2.08 bits per heavy atom. The third-order valence-electron chi connectivity index (χ3n) is 2.36. The minimum absolute atomic E-state index is 0.266. The standard InChI is InChI=1S/C11H19N/c1-6-9-7-8-10(12(9)5)11(2,3)4/h7-8H,6H2,1-5H3. The van der Waals surface area contributed by atoms with Crippen molar-refractivity contribution in [1.29, 1.82) is 0 Å². The molecule has 0 aliphatic heterocycles. The second kappa shape index (κ2) is 2.96. The fourth-order valence-corrected chi connectivity index (χ4v) is 1.66. The van der Waals surface area contributed by atoms with Gasteiger partial charge >= 0.3 is 0 Å². The Morgan fingerprint density at radius 1 is 1.25 bits per heavy atom. The van der Waals surface area contributed by atoms with Gasteiger partial charge in [-0.2, -0.15) is 0 Å². The van der Waals surface area contributed by atoms with Crippen LogP contribution in [0.3, 0.4) is 0 Å². The zero-order valence-corrected chi connectivity index (χ0v) is 8.81. The highest BCUT2D eigenvalue weighted by Crippen LogP contribution is 2.23. The molecule has 0 amide bonds. The Morgan fingerprint density at radius 2 is 1.83 bits per heavy atom. The lowest BCUT2D eigenvalue weighted by atomic mass is 9.92. The average Bonchev–Trinajstić information content (AvgIpc) is 2.29. The van der Waals surface area contributed by atoms with Gasteiger partial charge in [0.1, 0.15) is 0 Å². The highest BCUT2D eigenvalue weighted by molar-refractivity contribution is 5.21. The molecular weight excluding hydrogens is 146 g/mol. The van der Waals surface area contributed by atoms with Crippen LogP contribution in [0.5, 0.6) is 0 Å². The summed E-state index contributed by atoms with van der Waals surface area (Å²) in [6.07, 6.45) is 1.12. The van der Waals surface area contributed by atoms with E-state index in [1.165, 1.54) is 11.4 Å². The molecule has 1 rings (SSSR count). The number of hydrogen-bond acceptors (Lipinski definition) is 0. The van der Waals surface area contributed by atoms with Crippen molar-refractivity contribution in [2.75, 3.05) is 0 Å². The van der Waals surface area contributed by atoms with Crippen molar-refractivity contribution in [1.82, 2.24) is 4.57 Å². The molecule has 0 spiro atoms. The molecule has 1 nitrogen and oxygen atoms in total. The van der Waals surface area contributed by atoms with Crippen LogP contribution in [0.2, 0.25) is 0 Å². The van der Waals surface area contributed by atoms with Gasteiger partial charge in [-0.1, -0.05) is 27.7 Å². The highest BCUT2D eigenvalue weighted by Gasteiger charge is 2.17. The minimum Gasteiger partial charge on any atom is -0.351 e. The van der Waals surface area contributed by atoms with Gasteiger partial charge in [0.2, 0.25) is 0 Å². The minimum atomic E-state index is 0.266. The van der Waals surface area contributed by atoms with Gasteiger partial charge in [0, 0.05) is 23.9 Å². The first kappa shape index (κ1) is 9.37. The molecule has 0 aromatic carbocycles. The lowest BCUT2D eigenvalue weighted by molar-refractivity contribution is 0.537. The first-order chi connectivity index (χ1) is 5.46. The van der Waals surface area contributed by atoms with E-state index in [9.17, 15) is 0 Å². The monoisotopic (exact) mass is 165 g/mol. The van der Waals surface area contributed by atoms with E-state index >= 15 is 0 Å². The molecule has 0 atom stereocenters. The quantitative estimate of drug-likeness (QED) is 0.603. The zero-order chi connectivity index (χ0) is 9.35. The third kappa shape index (κ3) is 1.55. The number of hydrogen-bond donors (Lipinski definition) is 0. The van der Waals surface area contributed by atoms with Crippen LogP contribution in [0.15, 0.2) is 12.1 Å². The lowest BCUT2D eigenvalue weighted by Gasteiger charge is -2.20. The Kier molecular flexibility index (Phi) is 2.31. The zero-order valence-electron chi connectivity index (χ0n) is 8.81. The Balaban J connectivity index is 3.11. The van der Waals surface area contributed by atoms with E-state index in [2.05, 4.69) is 51.4 Å². The normalized spacial score (nSPS) is 12.1. The van der Waals surface area contributed by atoms with Gasteiger partial charge in [0.25, 0.3) is 0 Å². The second-order valence-corrected chi connectivity index (χ2v) is 4.37. The van der Waals surface area contributed by atoms with Crippen LogP contribution in [0.1, 0.15) is 39.1 Å². The predicted octanol–water partition coefficient (Wildman–Crippen LogP) is 2.89. The second-order valence-electron chi connectivity index (χ2n) is 4.37. The SMILES string of the molecule is CCc1ccc(C(C)(C)C)n1C. The van der Waals surface area contributed by atoms with Crippen molar-refractivity contribution in [2.24, 2.45) is 7.05 Å². The molecule has 1 aromatic heterocycles. The molecule has 0 saturated carbocycles. The first-order valence-corrected chi connectivity index (χ1v) is 4.62. The van der Waals surface area contributed by atoms with Crippen LogP contribution < -0.4 is 0 Å². The molecule has 68 valence electrons. The molecule has 0 bridgehead atoms. The fourth-order valence-electron chi connectivity index (χ4n) is 1.66. The summed E-state index contributed by atoms with van der Waals surface area (Å²) in [6.45, 7) is 8.95. The molecule has 1 aromatic rings. The molecule has 0 aliphatic carbocycles. The molecule has 1 heteroatoms. The van der Waals surface area contributed by atoms with Crippen molar-refractivity contribution in [3.05, 3.63) is 23.5 Å². The van der Waals surface area contributed by atoms with Crippen LogP contribution >= 0.6 is 0 Å². The maximum atomic E-state index is 2.31. The summed E-state index contributed by atoms with van der Waals surface area (Å²) in [5.41, 5.74) is 3.10. The van der Waals surface area contributed by atoms with Crippen LogP contribution in [-0.2, 0) is 18.9 Å². The van der Waals surface area contributed by atoms with E-state index < -0.39 is 0 Å². The molecule has 12 heavy (non-hydrogen) atoms. The van der Waals surface area contributed by atoms with E-state index in [-0.39, 0.29) is 5.41 Å². The Hall–Kier alpha value is -0.720. The smallest absolute Gasteiger partial charge is 0.0228 e. The van der Waals surface area contributed by atoms with Crippen LogP contribution in [0.4, 0.5) is 0 Å². The summed E-state index contributed by atoms with van der Waals surface area (Å²) in [6, 6.07) is 4.46. The molecular formula is C11H19N. The summed E-state index contributed by atoms with van der Waals surface area (Å²) in [4.78, 5) is 0. The molecule has 0 saturated heterocycles. The first-order valence-electron chi connectivity index (χ1n) is 4.62. The van der Waals surface area contributed by atoms with Gasteiger partial charge in [0.05, 0.1) is 0 Å². The average molecular weight is 165 g/mol. The van der Waals surface area contributed by atoms with Crippen LogP contribution in [-0.4, -0.2) is 4.57 Å². The lowest BCUT2D eigenvalue weighted by Crippen LogP contribution is -2.16. The molecule has 0 aliphatic rings. The van der Waals surface area contributed by atoms with Crippen LogP contribution in [0.25, 0.3) is 0 Å². The fraction of sp³-hybridized carbons (Fsp3) is 0.636. The van der Waals surface area contributed by atoms with Gasteiger partial charge < -0.3 is 4.57 Å². The number of aromatic nitrogens is 1. The number of rotatable bonds is 1. The number of nitrogens with zero attached hydrogens (tertiary/aromatic N) is 1. The van der Waals surface area contributed by atoms with Gasteiger partial charge in [-0.25, -0.2) is 0 Å². The van der Waals surface area contributed by atoms with Crippen LogP contribution in [0, 0.1) is 0 Å². The van der Waals surface area contributed by atoms with Crippen molar-refractivity contribution < 1.29 is 0 Å².